The molecule has 0 fully saturated rings. The van der Waals surface area contributed by atoms with Gasteiger partial charge >= 0.3 is 5.97 Å². The van der Waals surface area contributed by atoms with Crippen LogP contribution in [0.4, 0.5) is 0 Å². The Morgan fingerprint density at radius 1 is 1.46 bits per heavy atom. The number of pyridine rings is 1. The SMILES string of the molecule is COC(=O)C=Cc1cc[n+](C)cc1. The summed E-state index contributed by atoms with van der Waals surface area (Å²) in [5.74, 6) is -0.340. The highest BCUT2D eigenvalue weighted by Gasteiger charge is 1.93. The van der Waals surface area contributed by atoms with Crippen molar-refractivity contribution in [2.75, 3.05) is 7.11 Å². The highest BCUT2D eigenvalue weighted by atomic mass is 16.5. The summed E-state index contributed by atoms with van der Waals surface area (Å²) in [5, 5.41) is 0. The Kier molecular flexibility index (Phi) is 3.20. The Morgan fingerprint density at radius 3 is 2.62 bits per heavy atom. The number of esters is 1. The van der Waals surface area contributed by atoms with E-state index < -0.39 is 0 Å². The van der Waals surface area contributed by atoms with Crippen molar-refractivity contribution in [3.63, 3.8) is 0 Å². The van der Waals surface area contributed by atoms with E-state index in [-0.39, 0.29) is 5.97 Å². The molecule has 0 saturated carbocycles. The molecule has 68 valence electrons. The molecule has 0 unspecified atom stereocenters. The molecule has 0 bridgehead atoms. The van der Waals surface area contributed by atoms with Crippen molar-refractivity contribution in [3.05, 3.63) is 36.2 Å². The van der Waals surface area contributed by atoms with Crippen LogP contribution in [0.2, 0.25) is 0 Å². The predicted molar refractivity (Wildman–Crippen MR) is 48.7 cm³/mol. The van der Waals surface area contributed by atoms with Crippen molar-refractivity contribution in [1.82, 2.24) is 0 Å². The van der Waals surface area contributed by atoms with Gasteiger partial charge in [-0.2, -0.15) is 0 Å². The number of carbonyl (C=O) groups excluding carboxylic acids is 1. The highest BCUT2D eigenvalue weighted by Crippen LogP contribution is 1.97. The fourth-order valence-corrected chi connectivity index (χ4v) is 0.856. The number of hydrogen-bond acceptors (Lipinski definition) is 2. The standard InChI is InChI=1S/C10H12NO2/c1-11-7-5-9(6-8-11)3-4-10(12)13-2/h3-8H,1-2H3/q+1. The Balaban J connectivity index is 2.69. The molecular formula is C10H12NO2+. The van der Waals surface area contributed by atoms with E-state index >= 15 is 0 Å². The number of rotatable bonds is 2. The molecule has 0 amide bonds. The highest BCUT2D eigenvalue weighted by molar-refractivity contribution is 5.86. The number of aromatic nitrogens is 1. The average molecular weight is 178 g/mol. The minimum Gasteiger partial charge on any atom is -0.466 e. The van der Waals surface area contributed by atoms with Crippen molar-refractivity contribution in [2.24, 2.45) is 7.05 Å². The van der Waals surface area contributed by atoms with E-state index in [1.165, 1.54) is 13.2 Å². The van der Waals surface area contributed by atoms with Gasteiger partial charge in [0.15, 0.2) is 12.4 Å². The molecule has 3 nitrogen and oxygen atoms in total. The molecule has 0 N–H and O–H groups in total. The molecule has 1 aromatic rings. The summed E-state index contributed by atoms with van der Waals surface area (Å²) in [4.78, 5) is 10.7. The Bertz CT molecular complexity index is 314. The molecule has 13 heavy (non-hydrogen) atoms. The van der Waals surface area contributed by atoms with E-state index in [1.807, 2.05) is 36.1 Å². The number of hydrogen-bond donors (Lipinski definition) is 0. The zero-order chi connectivity index (χ0) is 9.68. The van der Waals surface area contributed by atoms with Gasteiger partial charge in [0.05, 0.1) is 7.11 Å². The predicted octanol–water partition coefficient (Wildman–Crippen LogP) is 0.697. The lowest BCUT2D eigenvalue weighted by atomic mass is 10.2. The maximum absolute atomic E-state index is 10.7. The second-order valence-corrected chi connectivity index (χ2v) is 2.65. The number of ether oxygens (including phenoxy) is 1. The van der Waals surface area contributed by atoms with E-state index in [4.69, 9.17) is 0 Å². The van der Waals surface area contributed by atoms with Gasteiger partial charge in [-0.25, -0.2) is 9.36 Å². The number of aryl methyl sites for hydroxylation is 1. The lowest BCUT2D eigenvalue weighted by molar-refractivity contribution is -0.671. The Labute approximate surface area is 77.3 Å². The van der Waals surface area contributed by atoms with Gasteiger partial charge in [0.2, 0.25) is 0 Å². The van der Waals surface area contributed by atoms with Crippen molar-refractivity contribution >= 4 is 12.0 Å². The Morgan fingerprint density at radius 2 is 2.08 bits per heavy atom. The lowest BCUT2D eigenvalue weighted by Gasteiger charge is -1.91. The number of methoxy groups -OCH3 is 1. The minimum atomic E-state index is -0.340. The molecule has 0 radical (unpaired) electrons. The molecule has 1 rings (SSSR count). The summed E-state index contributed by atoms with van der Waals surface area (Å²) in [7, 11) is 3.30. The zero-order valence-electron chi connectivity index (χ0n) is 7.73. The van der Waals surface area contributed by atoms with Gasteiger partial charge < -0.3 is 4.74 Å². The molecule has 0 saturated heterocycles. The summed E-state index contributed by atoms with van der Waals surface area (Å²) in [6.07, 6.45) is 6.94. The smallest absolute Gasteiger partial charge is 0.330 e. The summed E-state index contributed by atoms with van der Waals surface area (Å²) in [6, 6.07) is 3.83. The molecule has 3 heteroatoms. The topological polar surface area (TPSA) is 30.2 Å². The summed E-state index contributed by atoms with van der Waals surface area (Å²) < 4.78 is 6.39. The fraction of sp³-hybridized carbons (Fsp3) is 0.200. The monoisotopic (exact) mass is 178 g/mol. The first kappa shape index (κ1) is 9.45. The first-order valence-corrected chi connectivity index (χ1v) is 3.93. The van der Waals surface area contributed by atoms with Crippen LogP contribution in [0.15, 0.2) is 30.6 Å². The van der Waals surface area contributed by atoms with Crippen LogP contribution < -0.4 is 4.57 Å². The van der Waals surface area contributed by atoms with Gasteiger partial charge in [-0.15, -0.1) is 0 Å². The van der Waals surface area contributed by atoms with E-state index in [0.717, 1.165) is 5.56 Å². The quantitative estimate of drug-likeness (QED) is 0.379. The van der Waals surface area contributed by atoms with Crippen LogP contribution in [-0.2, 0) is 16.6 Å². The van der Waals surface area contributed by atoms with Crippen LogP contribution in [0.1, 0.15) is 5.56 Å². The van der Waals surface area contributed by atoms with Crippen LogP contribution >= 0.6 is 0 Å². The summed E-state index contributed by atoms with van der Waals surface area (Å²) in [6.45, 7) is 0. The van der Waals surface area contributed by atoms with Crippen LogP contribution in [0.3, 0.4) is 0 Å². The molecule has 0 aliphatic carbocycles. The molecule has 1 aromatic heterocycles. The van der Waals surface area contributed by atoms with Gasteiger partial charge in [0.25, 0.3) is 0 Å². The van der Waals surface area contributed by atoms with Gasteiger partial charge in [-0.1, -0.05) is 0 Å². The van der Waals surface area contributed by atoms with E-state index in [0.29, 0.717) is 0 Å². The van der Waals surface area contributed by atoms with E-state index in [2.05, 4.69) is 4.74 Å². The molecule has 0 atom stereocenters. The minimum absolute atomic E-state index is 0.340. The largest absolute Gasteiger partial charge is 0.466 e. The van der Waals surface area contributed by atoms with Crippen molar-refractivity contribution < 1.29 is 14.1 Å². The van der Waals surface area contributed by atoms with Gasteiger partial charge in [-0.05, 0) is 11.6 Å². The third kappa shape index (κ3) is 3.07. The van der Waals surface area contributed by atoms with Gasteiger partial charge in [-0.3, -0.25) is 0 Å². The lowest BCUT2D eigenvalue weighted by Crippen LogP contribution is -2.25. The Hall–Kier alpha value is -1.64. The summed E-state index contributed by atoms with van der Waals surface area (Å²) in [5.41, 5.74) is 0.975. The second-order valence-electron chi connectivity index (χ2n) is 2.65. The van der Waals surface area contributed by atoms with Crippen LogP contribution in [0.25, 0.3) is 6.08 Å². The molecule has 0 spiro atoms. The molecule has 1 heterocycles. The first-order chi connectivity index (χ1) is 6.22. The van der Waals surface area contributed by atoms with Gasteiger partial charge in [0, 0.05) is 18.2 Å². The first-order valence-electron chi connectivity index (χ1n) is 3.93. The summed E-state index contributed by atoms with van der Waals surface area (Å²) >= 11 is 0. The van der Waals surface area contributed by atoms with Crippen LogP contribution in [0.5, 0.6) is 0 Å². The zero-order valence-corrected chi connectivity index (χ0v) is 7.73. The van der Waals surface area contributed by atoms with Crippen LogP contribution in [0, 0.1) is 0 Å². The number of carbonyl (C=O) groups is 1. The normalized spacial score (nSPS) is 10.3. The van der Waals surface area contributed by atoms with Crippen molar-refractivity contribution in [1.29, 1.82) is 0 Å². The van der Waals surface area contributed by atoms with Crippen molar-refractivity contribution in [3.8, 4) is 0 Å². The maximum Gasteiger partial charge on any atom is 0.330 e. The van der Waals surface area contributed by atoms with Gasteiger partial charge in [0.1, 0.15) is 7.05 Å². The molecule has 0 aromatic carbocycles. The molecule has 0 aliphatic heterocycles. The van der Waals surface area contributed by atoms with Crippen LogP contribution in [-0.4, -0.2) is 13.1 Å². The second kappa shape index (κ2) is 4.40. The molecular weight excluding hydrogens is 166 g/mol. The number of nitrogens with zero attached hydrogens (tertiary/aromatic N) is 1. The van der Waals surface area contributed by atoms with Crippen molar-refractivity contribution in [2.45, 2.75) is 0 Å². The molecule has 0 aliphatic rings. The average Bonchev–Trinajstić information content (AvgIpc) is 2.16. The third-order valence-electron chi connectivity index (χ3n) is 1.62. The fourth-order valence-electron chi connectivity index (χ4n) is 0.856. The maximum atomic E-state index is 10.7. The van der Waals surface area contributed by atoms with E-state index in [1.54, 1.807) is 6.08 Å². The van der Waals surface area contributed by atoms with E-state index in [9.17, 15) is 4.79 Å². The third-order valence-corrected chi connectivity index (χ3v) is 1.62.